The van der Waals surface area contributed by atoms with Crippen molar-refractivity contribution in [3.63, 3.8) is 0 Å². The van der Waals surface area contributed by atoms with Crippen molar-refractivity contribution in [1.29, 1.82) is 0 Å². The summed E-state index contributed by atoms with van der Waals surface area (Å²) in [6.45, 7) is 1.94. The number of benzene rings is 2. The molecule has 0 amide bonds. The van der Waals surface area contributed by atoms with E-state index in [-0.39, 0.29) is 22.7 Å². The van der Waals surface area contributed by atoms with Crippen LogP contribution in [0.25, 0.3) is 21.9 Å². The first-order chi connectivity index (χ1) is 12.5. The number of carbonyl (C=O) groups is 1. The van der Waals surface area contributed by atoms with Gasteiger partial charge in [0, 0.05) is 11.5 Å². The highest BCUT2D eigenvalue weighted by Crippen LogP contribution is 2.26. The van der Waals surface area contributed by atoms with Crippen LogP contribution in [0, 0.1) is 17.0 Å². The number of aromatic nitrogens is 3. The monoisotopic (exact) mass is 347 g/mol. The van der Waals surface area contributed by atoms with Crippen LogP contribution in [0.3, 0.4) is 0 Å². The first kappa shape index (κ1) is 15.7. The van der Waals surface area contributed by atoms with Gasteiger partial charge in [-0.2, -0.15) is 4.68 Å². The average molecular weight is 347 g/mol. The molecule has 0 atom stereocenters. The van der Waals surface area contributed by atoms with Gasteiger partial charge in [-0.1, -0.05) is 24.3 Å². The summed E-state index contributed by atoms with van der Waals surface area (Å²) < 4.78 is 1.02. The lowest BCUT2D eigenvalue weighted by molar-refractivity contribution is -0.385. The molecule has 8 nitrogen and oxygen atoms in total. The second-order valence-corrected chi connectivity index (χ2v) is 5.93. The standard InChI is InChI=1S/C18H13N5O3/c1-10-6-7-11-9-13-16(19)21-22(17(13)20-14(11)8-10)18(24)12-4-2-3-5-15(12)23(25)26/h2-9H,1H3,(H2,19,21). The predicted molar refractivity (Wildman–Crippen MR) is 97.0 cm³/mol. The minimum Gasteiger partial charge on any atom is -0.382 e. The van der Waals surface area contributed by atoms with Gasteiger partial charge in [0.05, 0.1) is 15.8 Å². The van der Waals surface area contributed by atoms with Crippen molar-refractivity contribution in [3.05, 3.63) is 69.8 Å². The van der Waals surface area contributed by atoms with Crippen LogP contribution in [0.5, 0.6) is 0 Å². The van der Waals surface area contributed by atoms with Crippen molar-refractivity contribution in [1.82, 2.24) is 14.8 Å². The summed E-state index contributed by atoms with van der Waals surface area (Å²) in [5.41, 5.74) is 7.56. The Kier molecular flexibility index (Phi) is 3.40. The summed E-state index contributed by atoms with van der Waals surface area (Å²) in [5, 5.41) is 16.7. The first-order valence-corrected chi connectivity index (χ1v) is 7.79. The molecule has 26 heavy (non-hydrogen) atoms. The average Bonchev–Trinajstić information content (AvgIpc) is 2.95. The SMILES string of the molecule is Cc1ccc2cc3c(N)nn(C(=O)c4ccccc4[N+](=O)[O-])c3nc2c1. The summed E-state index contributed by atoms with van der Waals surface area (Å²) in [5.74, 6) is -0.514. The molecule has 0 fully saturated rings. The third kappa shape index (κ3) is 2.35. The molecular formula is C18H13N5O3. The number of hydrogen-bond donors (Lipinski definition) is 1. The van der Waals surface area contributed by atoms with Gasteiger partial charge in [-0.25, -0.2) is 4.98 Å². The number of hydrogen-bond acceptors (Lipinski definition) is 6. The van der Waals surface area contributed by atoms with Gasteiger partial charge in [-0.15, -0.1) is 5.10 Å². The summed E-state index contributed by atoms with van der Waals surface area (Å²) in [6, 6.07) is 13.3. The maximum Gasteiger partial charge on any atom is 0.287 e. The molecule has 0 saturated heterocycles. The number of carbonyl (C=O) groups excluding carboxylic acids is 1. The van der Waals surface area contributed by atoms with Crippen LogP contribution in [0.15, 0.2) is 48.5 Å². The number of nitro benzene ring substituents is 1. The fourth-order valence-corrected chi connectivity index (χ4v) is 2.90. The van der Waals surface area contributed by atoms with Gasteiger partial charge in [0.2, 0.25) is 0 Å². The van der Waals surface area contributed by atoms with E-state index in [0.717, 1.165) is 15.6 Å². The summed E-state index contributed by atoms with van der Waals surface area (Å²) in [6.07, 6.45) is 0. The fourth-order valence-electron chi connectivity index (χ4n) is 2.90. The normalized spacial score (nSPS) is 11.1. The molecule has 128 valence electrons. The number of nitro groups is 1. The number of fused-ring (bicyclic) bond motifs is 2. The minimum atomic E-state index is -0.654. The molecule has 2 N–H and O–H groups in total. The minimum absolute atomic E-state index is 0.0759. The van der Waals surface area contributed by atoms with Crippen LogP contribution in [-0.2, 0) is 0 Å². The zero-order valence-corrected chi connectivity index (χ0v) is 13.7. The molecule has 0 aliphatic heterocycles. The third-order valence-corrected chi connectivity index (χ3v) is 4.16. The van der Waals surface area contributed by atoms with E-state index in [1.54, 1.807) is 6.07 Å². The van der Waals surface area contributed by atoms with E-state index in [1.807, 2.05) is 31.2 Å². The number of nitrogens with zero attached hydrogens (tertiary/aromatic N) is 4. The number of rotatable bonds is 2. The van der Waals surface area contributed by atoms with Crippen LogP contribution in [0.4, 0.5) is 11.5 Å². The summed E-state index contributed by atoms with van der Waals surface area (Å²) >= 11 is 0. The predicted octanol–water partition coefficient (Wildman–Crippen LogP) is 3.07. The highest BCUT2D eigenvalue weighted by atomic mass is 16.6. The summed E-state index contributed by atoms with van der Waals surface area (Å²) in [4.78, 5) is 28.0. The van der Waals surface area contributed by atoms with Gasteiger partial charge in [0.1, 0.15) is 5.56 Å². The first-order valence-electron chi connectivity index (χ1n) is 7.79. The molecule has 2 aromatic heterocycles. The lowest BCUT2D eigenvalue weighted by Gasteiger charge is -2.04. The Hall–Kier alpha value is -3.81. The molecule has 4 aromatic rings. The molecule has 0 aliphatic rings. The molecule has 4 rings (SSSR count). The van der Waals surface area contributed by atoms with E-state index in [9.17, 15) is 14.9 Å². The quantitative estimate of drug-likeness (QED) is 0.440. The van der Waals surface area contributed by atoms with Crippen LogP contribution in [0.2, 0.25) is 0 Å². The highest BCUT2D eigenvalue weighted by molar-refractivity contribution is 6.06. The highest BCUT2D eigenvalue weighted by Gasteiger charge is 2.24. The van der Waals surface area contributed by atoms with E-state index in [2.05, 4.69) is 10.1 Å². The van der Waals surface area contributed by atoms with Gasteiger partial charge in [-0.05, 0) is 30.7 Å². The Balaban J connectivity index is 1.97. The number of para-hydroxylation sites is 1. The number of nitrogens with two attached hydrogens (primary N) is 1. The number of nitrogen functional groups attached to an aromatic ring is 1. The molecule has 0 spiro atoms. The van der Waals surface area contributed by atoms with Crippen molar-refractivity contribution in [2.45, 2.75) is 6.92 Å². The molecule has 0 unspecified atom stereocenters. The lowest BCUT2D eigenvalue weighted by atomic mass is 10.1. The molecule has 2 aromatic carbocycles. The van der Waals surface area contributed by atoms with Crippen LogP contribution in [0.1, 0.15) is 15.9 Å². The second-order valence-electron chi connectivity index (χ2n) is 5.93. The van der Waals surface area contributed by atoms with E-state index in [4.69, 9.17) is 5.73 Å². The van der Waals surface area contributed by atoms with Gasteiger partial charge < -0.3 is 5.73 Å². The van der Waals surface area contributed by atoms with Crippen LogP contribution < -0.4 is 5.73 Å². The molecule has 8 heteroatoms. The second kappa shape index (κ2) is 5.62. The molecular weight excluding hydrogens is 334 g/mol. The fraction of sp³-hybridized carbons (Fsp3) is 0.0556. The van der Waals surface area contributed by atoms with Gasteiger partial charge in [0.15, 0.2) is 11.5 Å². The zero-order valence-electron chi connectivity index (χ0n) is 13.7. The largest absolute Gasteiger partial charge is 0.382 e. The molecule has 0 aliphatic carbocycles. The molecule has 0 radical (unpaired) electrons. The summed E-state index contributed by atoms with van der Waals surface area (Å²) in [7, 11) is 0. The van der Waals surface area contributed by atoms with Gasteiger partial charge >= 0.3 is 0 Å². The smallest absolute Gasteiger partial charge is 0.287 e. The molecule has 2 heterocycles. The maximum absolute atomic E-state index is 12.9. The number of pyridine rings is 1. The van der Waals surface area contributed by atoms with Crippen molar-refractivity contribution in [3.8, 4) is 0 Å². The molecule has 0 bridgehead atoms. The van der Waals surface area contributed by atoms with E-state index < -0.39 is 10.8 Å². The third-order valence-electron chi connectivity index (χ3n) is 4.16. The van der Waals surface area contributed by atoms with E-state index in [0.29, 0.717) is 10.9 Å². The van der Waals surface area contributed by atoms with Crippen LogP contribution >= 0.6 is 0 Å². The molecule has 0 saturated carbocycles. The Bertz CT molecular complexity index is 1210. The Morgan fingerprint density at radius 3 is 2.73 bits per heavy atom. The van der Waals surface area contributed by atoms with Crippen molar-refractivity contribution in [2.24, 2.45) is 0 Å². The van der Waals surface area contributed by atoms with Crippen molar-refractivity contribution < 1.29 is 9.72 Å². The zero-order chi connectivity index (χ0) is 18.4. The van der Waals surface area contributed by atoms with Crippen LogP contribution in [-0.4, -0.2) is 25.6 Å². The maximum atomic E-state index is 12.9. The number of aryl methyl sites for hydroxylation is 1. The van der Waals surface area contributed by atoms with Crippen molar-refractivity contribution >= 4 is 39.3 Å². The lowest BCUT2D eigenvalue weighted by Crippen LogP contribution is -2.16. The van der Waals surface area contributed by atoms with Crippen molar-refractivity contribution in [2.75, 3.05) is 5.73 Å². The van der Waals surface area contributed by atoms with Gasteiger partial charge in [0.25, 0.3) is 11.6 Å². The Labute approximate surface area is 147 Å². The van der Waals surface area contributed by atoms with E-state index >= 15 is 0 Å². The Morgan fingerprint density at radius 2 is 1.96 bits per heavy atom. The van der Waals surface area contributed by atoms with Gasteiger partial charge in [-0.3, -0.25) is 14.9 Å². The van der Waals surface area contributed by atoms with E-state index in [1.165, 1.54) is 18.2 Å². The number of anilines is 1. The Morgan fingerprint density at radius 1 is 1.19 bits per heavy atom. The topological polar surface area (TPSA) is 117 Å².